The molecule has 0 aliphatic heterocycles. The van der Waals surface area contributed by atoms with Crippen molar-refractivity contribution < 1.29 is 9.59 Å². The van der Waals surface area contributed by atoms with Crippen molar-refractivity contribution in [2.75, 3.05) is 6.54 Å². The molecule has 0 saturated carbocycles. The fraction of sp³-hybridized carbons (Fsp3) is 0.562. The SMILES string of the molecule is CC(=O)CC(=O)N(CCn1cnc2c1c(=O)n(C)c(=O)n2C)C(C)C. The first kappa shape index (κ1) is 18.6. The van der Waals surface area contributed by atoms with Gasteiger partial charge in [0.05, 0.1) is 12.7 Å². The third kappa shape index (κ3) is 3.54. The zero-order valence-corrected chi connectivity index (χ0v) is 15.1. The van der Waals surface area contributed by atoms with E-state index in [-0.39, 0.29) is 24.2 Å². The van der Waals surface area contributed by atoms with Gasteiger partial charge in [-0.15, -0.1) is 0 Å². The normalized spacial score (nSPS) is 11.3. The highest BCUT2D eigenvalue weighted by molar-refractivity contribution is 5.96. The van der Waals surface area contributed by atoms with Gasteiger partial charge in [-0.25, -0.2) is 9.78 Å². The molecular weight excluding hydrogens is 326 g/mol. The molecular formula is C16H23N5O4. The number of carbonyl (C=O) groups excluding carboxylic acids is 2. The summed E-state index contributed by atoms with van der Waals surface area (Å²) in [5.74, 6) is -0.431. The number of aryl methyl sites for hydroxylation is 1. The fourth-order valence-electron chi connectivity index (χ4n) is 2.77. The summed E-state index contributed by atoms with van der Waals surface area (Å²) in [6.45, 7) is 5.79. The van der Waals surface area contributed by atoms with Crippen LogP contribution in [-0.4, -0.2) is 47.9 Å². The Morgan fingerprint density at radius 2 is 1.84 bits per heavy atom. The summed E-state index contributed by atoms with van der Waals surface area (Å²) < 4.78 is 3.98. The Labute approximate surface area is 144 Å². The largest absolute Gasteiger partial charge is 0.338 e. The maximum absolute atomic E-state index is 12.4. The van der Waals surface area contributed by atoms with Gasteiger partial charge in [-0.1, -0.05) is 0 Å². The van der Waals surface area contributed by atoms with Crippen molar-refractivity contribution in [1.82, 2.24) is 23.6 Å². The number of ketones is 1. The Balaban J connectivity index is 2.35. The van der Waals surface area contributed by atoms with Gasteiger partial charge >= 0.3 is 5.69 Å². The second kappa shape index (κ2) is 7.04. The maximum Gasteiger partial charge on any atom is 0.332 e. The van der Waals surface area contributed by atoms with Crippen LogP contribution in [0, 0.1) is 0 Å². The van der Waals surface area contributed by atoms with Crippen LogP contribution in [0.2, 0.25) is 0 Å². The first-order valence-electron chi connectivity index (χ1n) is 8.05. The first-order valence-corrected chi connectivity index (χ1v) is 8.05. The highest BCUT2D eigenvalue weighted by Crippen LogP contribution is 2.08. The molecule has 0 saturated heterocycles. The van der Waals surface area contributed by atoms with Crippen LogP contribution in [0.15, 0.2) is 15.9 Å². The first-order chi connectivity index (χ1) is 11.6. The molecule has 0 atom stereocenters. The van der Waals surface area contributed by atoms with E-state index in [0.717, 1.165) is 4.57 Å². The van der Waals surface area contributed by atoms with Crippen molar-refractivity contribution in [2.24, 2.45) is 14.1 Å². The van der Waals surface area contributed by atoms with E-state index in [1.54, 1.807) is 16.5 Å². The summed E-state index contributed by atoms with van der Waals surface area (Å²) in [6.07, 6.45) is 1.35. The summed E-state index contributed by atoms with van der Waals surface area (Å²) in [4.78, 5) is 53.5. The highest BCUT2D eigenvalue weighted by Gasteiger charge is 2.20. The van der Waals surface area contributed by atoms with Gasteiger partial charge in [-0.3, -0.25) is 23.5 Å². The van der Waals surface area contributed by atoms with Crippen molar-refractivity contribution in [3.63, 3.8) is 0 Å². The van der Waals surface area contributed by atoms with E-state index in [0.29, 0.717) is 24.3 Å². The number of imidazole rings is 1. The number of hydrogen-bond donors (Lipinski definition) is 0. The summed E-state index contributed by atoms with van der Waals surface area (Å²) >= 11 is 0. The van der Waals surface area contributed by atoms with Crippen molar-refractivity contribution in [1.29, 1.82) is 0 Å². The van der Waals surface area contributed by atoms with E-state index in [9.17, 15) is 19.2 Å². The fourth-order valence-corrected chi connectivity index (χ4v) is 2.77. The van der Waals surface area contributed by atoms with Gasteiger partial charge in [0.25, 0.3) is 5.56 Å². The summed E-state index contributed by atoms with van der Waals surface area (Å²) in [6, 6.07) is -0.0752. The zero-order valence-electron chi connectivity index (χ0n) is 15.1. The van der Waals surface area contributed by atoms with E-state index >= 15 is 0 Å². The number of fused-ring (bicyclic) bond motifs is 1. The molecule has 9 heteroatoms. The standard InChI is InChI=1S/C16H23N5O4/c1-10(2)21(12(23)8-11(3)22)7-6-20-9-17-14-13(20)15(24)19(5)16(25)18(14)4/h9-10H,6-8H2,1-5H3. The number of carbonyl (C=O) groups is 2. The third-order valence-electron chi connectivity index (χ3n) is 4.14. The molecule has 2 aromatic rings. The summed E-state index contributed by atoms with van der Waals surface area (Å²) in [5, 5.41) is 0. The van der Waals surface area contributed by atoms with Crippen LogP contribution < -0.4 is 11.2 Å². The molecule has 0 aromatic carbocycles. The molecule has 0 unspecified atom stereocenters. The molecule has 0 radical (unpaired) electrons. The summed E-state index contributed by atoms with van der Waals surface area (Å²) in [5.41, 5.74) is -0.253. The van der Waals surface area contributed by atoms with Crippen molar-refractivity contribution in [3.8, 4) is 0 Å². The van der Waals surface area contributed by atoms with Crippen LogP contribution in [0.3, 0.4) is 0 Å². The Bertz CT molecular complexity index is 934. The Morgan fingerprint density at radius 3 is 2.40 bits per heavy atom. The van der Waals surface area contributed by atoms with Crippen LogP contribution in [0.1, 0.15) is 27.2 Å². The Morgan fingerprint density at radius 1 is 1.20 bits per heavy atom. The summed E-state index contributed by atoms with van der Waals surface area (Å²) in [7, 11) is 2.97. The van der Waals surface area contributed by atoms with Crippen LogP contribution in [-0.2, 0) is 30.2 Å². The molecule has 0 fully saturated rings. The number of nitrogens with zero attached hydrogens (tertiary/aromatic N) is 5. The van der Waals surface area contributed by atoms with E-state index < -0.39 is 11.2 Å². The highest BCUT2D eigenvalue weighted by atomic mass is 16.2. The van der Waals surface area contributed by atoms with E-state index in [1.807, 2.05) is 13.8 Å². The van der Waals surface area contributed by atoms with Gasteiger partial charge < -0.3 is 9.47 Å². The molecule has 2 aromatic heterocycles. The predicted molar refractivity (Wildman–Crippen MR) is 92.4 cm³/mol. The van der Waals surface area contributed by atoms with Gasteiger partial charge in [-0.05, 0) is 20.8 Å². The molecule has 1 amide bonds. The van der Waals surface area contributed by atoms with Gasteiger partial charge in [0.2, 0.25) is 5.91 Å². The van der Waals surface area contributed by atoms with Crippen molar-refractivity contribution >= 4 is 22.9 Å². The molecule has 0 aliphatic carbocycles. The molecule has 2 heterocycles. The van der Waals surface area contributed by atoms with Crippen LogP contribution in [0.5, 0.6) is 0 Å². The second-order valence-electron chi connectivity index (χ2n) is 6.38. The number of amides is 1. The molecule has 0 N–H and O–H groups in total. The molecule has 0 aliphatic rings. The van der Waals surface area contributed by atoms with Gasteiger partial charge in [0, 0.05) is 33.2 Å². The number of Topliss-reactive ketones (excluding diaryl/α,β-unsaturated/α-hetero) is 1. The monoisotopic (exact) mass is 349 g/mol. The minimum absolute atomic E-state index is 0.0752. The van der Waals surface area contributed by atoms with Crippen LogP contribution in [0.25, 0.3) is 11.2 Å². The number of aromatic nitrogens is 4. The van der Waals surface area contributed by atoms with E-state index in [1.165, 1.54) is 24.9 Å². The minimum Gasteiger partial charge on any atom is -0.338 e. The lowest BCUT2D eigenvalue weighted by atomic mass is 10.2. The number of rotatable bonds is 6. The van der Waals surface area contributed by atoms with Crippen molar-refractivity contribution in [3.05, 3.63) is 27.2 Å². The predicted octanol–water partition coefficient (Wildman–Crippen LogP) is -0.350. The van der Waals surface area contributed by atoms with Crippen LogP contribution in [0.4, 0.5) is 0 Å². The van der Waals surface area contributed by atoms with Gasteiger partial charge in [0.15, 0.2) is 11.2 Å². The Hall–Kier alpha value is -2.71. The minimum atomic E-state index is -0.441. The molecule has 0 bridgehead atoms. The lowest BCUT2D eigenvalue weighted by Crippen LogP contribution is -2.40. The zero-order chi connectivity index (χ0) is 18.9. The lowest BCUT2D eigenvalue weighted by Gasteiger charge is -2.26. The average Bonchev–Trinajstić information content (AvgIpc) is 2.94. The maximum atomic E-state index is 12.4. The molecule has 25 heavy (non-hydrogen) atoms. The molecule has 9 nitrogen and oxygen atoms in total. The molecule has 0 spiro atoms. The van der Waals surface area contributed by atoms with Crippen LogP contribution >= 0.6 is 0 Å². The smallest absolute Gasteiger partial charge is 0.332 e. The van der Waals surface area contributed by atoms with E-state index in [2.05, 4.69) is 4.98 Å². The lowest BCUT2D eigenvalue weighted by molar-refractivity contribution is -0.136. The van der Waals surface area contributed by atoms with Gasteiger partial charge in [-0.2, -0.15) is 0 Å². The topological polar surface area (TPSA) is 99.2 Å². The Kier molecular flexibility index (Phi) is 5.24. The number of hydrogen-bond acceptors (Lipinski definition) is 5. The average molecular weight is 349 g/mol. The quantitative estimate of drug-likeness (QED) is 0.664. The second-order valence-corrected chi connectivity index (χ2v) is 6.38. The van der Waals surface area contributed by atoms with Gasteiger partial charge in [0.1, 0.15) is 5.78 Å². The van der Waals surface area contributed by atoms with Crippen molar-refractivity contribution in [2.45, 2.75) is 39.8 Å². The molecule has 2 rings (SSSR count). The third-order valence-corrected chi connectivity index (χ3v) is 4.14. The molecule has 136 valence electrons. The van der Waals surface area contributed by atoms with E-state index in [4.69, 9.17) is 0 Å².